The van der Waals surface area contributed by atoms with Crippen LogP contribution in [0.3, 0.4) is 0 Å². The molecule has 1 aromatic carbocycles. The number of carbonyl (C=O) groups excluding carboxylic acids is 3. The van der Waals surface area contributed by atoms with Crippen molar-refractivity contribution < 1.29 is 38.4 Å². The van der Waals surface area contributed by atoms with E-state index in [1.54, 1.807) is 21.0 Å². The fraction of sp³-hybridized carbons (Fsp3) is 0.679. The molecule has 3 N–H and O–H groups in total. The number of nitrogens with one attached hydrogen (secondary N) is 2. The third-order valence-corrected chi connectivity index (χ3v) is 7.08. The van der Waals surface area contributed by atoms with Crippen LogP contribution in [0.5, 0.6) is 5.75 Å². The number of hydrogen-bond donors (Lipinski definition) is 3. The molecule has 1 aliphatic heterocycles. The van der Waals surface area contributed by atoms with Crippen molar-refractivity contribution >= 4 is 28.7 Å². The molecular formula is C28H44N2O8S. The van der Waals surface area contributed by atoms with Gasteiger partial charge < -0.3 is 34.7 Å². The standard InChI is InChI=1S/C28H44N2O8S/c1-19(36-17-20-7-9-22(35-6)10-8-20)15-21(31)16-24(33)39-14-13-29-23(32)11-12-30-26(34)25-27(2,3)18-37-28(4,5)38-25/h7-10,19,21,25,31H,11-18H2,1-6H3,(H,29,32)(H,30,34)/t19?,21?,25-/m0/s1. The van der Waals surface area contributed by atoms with E-state index < -0.39 is 23.4 Å². The number of hydrogen-bond acceptors (Lipinski definition) is 9. The molecule has 1 fully saturated rings. The number of thioether (sulfide) groups is 1. The van der Waals surface area contributed by atoms with Crippen molar-refractivity contribution in [3.63, 3.8) is 0 Å². The number of amides is 2. The van der Waals surface area contributed by atoms with E-state index >= 15 is 0 Å². The zero-order valence-electron chi connectivity index (χ0n) is 23.9. The van der Waals surface area contributed by atoms with Crippen LogP contribution in [0, 0.1) is 5.41 Å². The predicted octanol–water partition coefficient (Wildman–Crippen LogP) is 2.80. The molecule has 220 valence electrons. The molecule has 2 unspecified atom stereocenters. The molecule has 11 heteroatoms. The van der Waals surface area contributed by atoms with E-state index in [1.165, 1.54) is 0 Å². The lowest BCUT2D eigenvalue weighted by Crippen LogP contribution is -2.56. The third kappa shape index (κ3) is 12.3. The van der Waals surface area contributed by atoms with Crippen molar-refractivity contribution in [1.82, 2.24) is 10.6 Å². The van der Waals surface area contributed by atoms with Gasteiger partial charge in [-0.3, -0.25) is 14.4 Å². The molecular weight excluding hydrogens is 524 g/mol. The Hall–Kier alpha value is -2.18. The van der Waals surface area contributed by atoms with Crippen molar-refractivity contribution in [2.24, 2.45) is 5.41 Å². The third-order valence-electron chi connectivity index (χ3n) is 6.18. The van der Waals surface area contributed by atoms with Crippen LogP contribution in [0.1, 0.15) is 59.4 Å². The second-order valence-corrected chi connectivity index (χ2v) is 12.0. The average Bonchev–Trinajstić information content (AvgIpc) is 2.87. The molecule has 0 aromatic heterocycles. The first-order valence-electron chi connectivity index (χ1n) is 13.3. The molecule has 1 heterocycles. The van der Waals surface area contributed by atoms with Crippen LogP contribution in [0.4, 0.5) is 0 Å². The molecule has 1 aliphatic rings. The Bertz CT molecular complexity index is 938. The molecule has 10 nitrogen and oxygen atoms in total. The molecule has 0 spiro atoms. The van der Waals surface area contributed by atoms with Gasteiger partial charge in [0.05, 0.1) is 32.5 Å². The largest absolute Gasteiger partial charge is 0.497 e. The zero-order chi connectivity index (χ0) is 29.1. The van der Waals surface area contributed by atoms with Gasteiger partial charge in [0.1, 0.15) is 11.9 Å². The second kappa shape index (κ2) is 15.6. The monoisotopic (exact) mass is 568 g/mol. The van der Waals surface area contributed by atoms with E-state index in [-0.39, 0.29) is 42.4 Å². The van der Waals surface area contributed by atoms with Crippen molar-refractivity contribution in [3.8, 4) is 5.75 Å². The fourth-order valence-electron chi connectivity index (χ4n) is 3.90. The van der Waals surface area contributed by atoms with Gasteiger partial charge in [-0.15, -0.1) is 0 Å². The highest BCUT2D eigenvalue weighted by Crippen LogP contribution is 2.34. The number of ether oxygens (including phenoxy) is 4. The molecule has 39 heavy (non-hydrogen) atoms. The van der Waals surface area contributed by atoms with Crippen LogP contribution < -0.4 is 15.4 Å². The number of rotatable bonds is 15. The summed E-state index contributed by atoms with van der Waals surface area (Å²) in [5.41, 5.74) is 0.510. The molecule has 3 atom stereocenters. The van der Waals surface area contributed by atoms with E-state index in [1.807, 2.05) is 45.0 Å². The van der Waals surface area contributed by atoms with Gasteiger partial charge >= 0.3 is 0 Å². The maximum absolute atomic E-state index is 12.6. The Kier molecular flexibility index (Phi) is 13.2. The Morgan fingerprint density at radius 1 is 1.13 bits per heavy atom. The Labute approximate surface area is 235 Å². The van der Waals surface area contributed by atoms with Gasteiger partial charge in [0.2, 0.25) is 11.8 Å². The van der Waals surface area contributed by atoms with Gasteiger partial charge in [-0.2, -0.15) is 0 Å². The topological polar surface area (TPSA) is 132 Å². The Morgan fingerprint density at radius 3 is 2.49 bits per heavy atom. The first-order valence-corrected chi connectivity index (χ1v) is 14.2. The van der Waals surface area contributed by atoms with Crippen molar-refractivity contribution in [3.05, 3.63) is 29.8 Å². The molecule has 2 amide bonds. The Balaban J connectivity index is 1.55. The molecule has 1 saturated heterocycles. The lowest BCUT2D eigenvalue weighted by molar-refractivity contribution is -0.304. The van der Waals surface area contributed by atoms with Crippen molar-refractivity contribution in [2.75, 3.05) is 32.6 Å². The van der Waals surface area contributed by atoms with Crippen LogP contribution in [0.2, 0.25) is 0 Å². The highest BCUT2D eigenvalue weighted by Gasteiger charge is 2.45. The van der Waals surface area contributed by atoms with Crippen LogP contribution in [-0.2, 0) is 35.2 Å². The average molecular weight is 569 g/mol. The smallest absolute Gasteiger partial charge is 0.249 e. The van der Waals surface area contributed by atoms with E-state index in [0.29, 0.717) is 31.9 Å². The summed E-state index contributed by atoms with van der Waals surface area (Å²) in [4.78, 5) is 36.9. The number of aliphatic hydroxyl groups is 1. The van der Waals surface area contributed by atoms with Gasteiger partial charge in [0.25, 0.3) is 0 Å². The SMILES string of the molecule is COc1ccc(COC(C)CC(O)CC(=O)SCCNC(=O)CCNC(=O)[C@@H]2OC(C)(C)OCC2(C)C)cc1. The number of benzene rings is 1. The van der Waals surface area contributed by atoms with Crippen LogP contribution in [-0.4, -0.2) is 78.7 Å². The van der Waals surface area contributed by atoms with Crippen molar-refractivity contribution in [1.29, 1.82) is 0 Å². The summed E-state index contributed by atoms with van der Waals surface area (Å²) in [6.45, 7) is 10.5. The summed E-state index contributed by atoms with van der Waals surface area (Å²) in [5, 5.41) is 15.6. The van der Waals surface area contributed by atoms with Crippen LogP contribution in [0.15, 0.2) is 24.3 Å². The minimum atomic E-state index is -0.843. The Morgan fingerprint density at radius 2 is 1.82 bits per heavy atom. The van der Waals surface area contributed by atoms with E-state index in [2.05, 4.69) is 10.6 Å². The van der Waals surface area contributed by atoms with Gasteiger partial charge in [0.15, 0.2) is 10.9 Å². The first-order chi connectivity index (χ1) is 18.3. The van der Waals surface area contributed by atoms with Gasteiger partial charge in [0, 0.05) is 37.1 Å². The van der Waals surface area contributed by atoms with Gasteiger partial charge in [-0.1, -0.05) is 37.7 Å². The summed E-state index contributed by atoms with van der Waals surface area (Å²) in [6, 6.07) is 7.56. The summed E-state index contributed by atoms with van der Waals surface area (Å²) in [6.07, 6.45) is -1.21. The molecule has 0 radical (unpaired) electrons. The summed E-state index contributed by atoms with van der Waals surface area (Å²) in [5.74, 6) is -0.171. The predicted molar refractivity (Wildman–Crippen MR) is 149 cm³/mol. The highest BCUT2D eigenvalue weighted by molar-refractivity contribution is 8.13. The second-order valence-electron chi connectivity index (χ2n) is 10.8. The minimum absolute atomic E-state index is 0.0162. The molecule has 1 aromatic rings. The maximum atomic E-state index is 12.6. The highest BCUT2D eigenvalue weighted by atomic mass is 32.2. The lowest BCUT2D eigenvalue weighted by Gasteiger charge is -2.44. The quantitative estimate of drug-likeness (QED) is 0.273. The number of carbonyl (C=O) groups is 3. The van der Waals surface area contributed by atoms with Crippen LogP contribution in [0.25, 0.3) is 0 Å². The van der Waals surface area contributed by atoms with Gasteiger partial charge in [-0.05, 0) is 44.9 Å². The van der Waals surface area contributed by atoms with E-state index in [4.69, 9.17) is 18.9 Å². The molecule has 0 bridgehead atoms. The first kappa shape index (κ1) is 33.0. The minimum Gasteiger partial charge on any atom is -0.497 e. The molecule has 2 rings (SSSR count). The van der Waals surface area contributed by atoms with E-state index in [9.17, 15) is 19.5 Å². The molecule has 0 aliphatic carbocycles. The van der Waals surface area contributed by atoms with Gasteiger partial charge in [-0.25, -0.2) is 0 Å². The normalized spacial score (nSPS) is 19.5. The summed E-state index contributed by atoms with van der Waals surface area (Å²) in [7, 11) is 1.61. The summed E-state index contributed by atoms with van der Waals surface area (Å²) < 4.78 is 22.3. The summed E-state index contributed by atoms with van der Waals surface area (Å²) >= 11 is 1.07. The lowest BCUT2D eigenvalue weighted by atomic mass is 9.85. The zero-order valence-corrected chi connectivity index (χ0v) is 24.7. The number of methoxy groups -OCH3 is 1. The fourth-order valence-corrected chi connectivity index (χ4v) is 4.65. The number of aliphatic hydroxyl groups excluding tert-OH is 1. The van der Waals surface area contributed by atoms with E-state index in [0.717, 1.165) is 23.1 Å². The van der Waals surface area contributed by atoms with Crippen molar-refractivity contribution in [2.45, 2.75) is 84.6 Å². The molecule has 0 saturated carbocycles. The maximum Gasteiger partial charge on any atom is 0.249 e. The van der Waals surface area contributed by atoms with Crippen LogP contribution >= 0.6 is 11.8 Å².